The predicted molar refractivity (Wildman–Crippen MR) is 116 cm³/mol. The van der Waals surface area contributed by atoms with Crippen LogP contribution < -0.4 is 4.74 Å². The van der Waals surface area contributed by atoms with Gasteiger partial charge >= 0.3 is 0 Å². The molecule has 4 heteroatoms. The van der Waals surface area contributed by atoms with Gasteiger partial charge in [-0.05, 0) is 83.2 Å². The van der Waals surface area contributed by atoms with E-state index in [1.165, 1.54) is 36.8 Å². The van der Waals surface area contributed by atoms with Gasteiger partial charge in [-0.15, -0.1) is 0 Å². The second-order valence-corrected chi connectivity index (χ2v) is 9.76. The molecule has 0 radical (unpaired) electrons. The van der Waals surface area contributed by atoms with Crippen LogP contribution >= 0.6 is 0 Å². The van der Waals surface area contributed by atoms with E-state index in [1.54, 1.807) is 0 Å². The molecule has 1 N–H and O–H groups in total. The molecular weight excluding hydrogens is 362 g/mol. The summed E-state index contributed by atoms with van der Waals surface area (Å²) in [6.45, 7) is 9.95. The maximum atomic E-state index is 10.3. The van der Waals surface area contributed by atoms with Gasteiger partial charge in [-0.2, -0.15) is 0 Å². The number of likely N-dealkylation sites (tertiary alicyclic amines) is 1. The lowest BCUT2D eigenvalue weighted by atomic mass is 9.69. The zero-order chi connectivity index (χ0) is 20.4. The van der Waals surface area contributed by atoms with Crippen LogP contribution in [0.25, 0.3) is 0 Å². The van der Waals surface area contributed by atoms with Gasteiger partial charge in [0.15, 0.2) is 0 Å². The molecule has 0 spiro atoms. The average Bonchev–Trinajstić information content (AvgIpc) is 2.72. The Hall–Kier alpha value is -1.36. The van der Waals surface area contributed by atoms with Crippen molar-refractivity contribution < 1.29 is 14.6 Å². The fourth-order valence-electron chi connectivity index (χ4n) is 5.24. The van der Waals surface area contributed by atoms with Gasteiger partial charge in [-0.1, -0.05) is 30.2 Å². The Morgan fingerprint density at radius 1 is 1.17 bits per heavy atom. The number of allylic oxidation sites excluding steroid dienone is 1. The lowest BCUT2D eigenvalue weighted by molar-refractivity contribution is -0.166. The molecule has 1 aromatic rings. The molecule has 4 rings (SSSR count). The molecule has 0 saturated carbocycles. The Balaban J connectivity index is 1.35. The van der Waals surface area contributed by atoms with Crippen LogP contribution in [0, 0.1) is 11.8 Å². The molecule has 3 aliphatic rings. The summed E-state index contributed by atoms with van der Waals surface area (Å²) in [4.78, 5) is 2.34. The Morgan fingerprint density at radius 3 is 2.62 bits per heavy atom. The van der Waals surface area contributed by atoms with Crippen molar-refractivity contribution in [2.45, 2.75) is 70.7 Å². The number of ether oxygens (including phenoxy) is 2. The summed E-state index contributed by atoms with van der Waals surface area (Å²) in [5, 5.41) is 10.3. The van der Waals surface area contributed by atoms with Gasteiger partial charge in [-0.3, -0.25) is 0 Å². The van der Waals surface area contributed by atoms with Crippen molar-refractivity contribution in [3.63, 3.8) is 0 Å². The van der Waals surface area contributed by atoms with Crippen LogP contribution in [0.2, 0.25) is 0 Å². The lowest BCUT2D eigenvalue weighted by Gasteiger charge is -2.49. The molecule has 160 valence electrons. The number of benzene rings is 1. The monoisotopic (exact) mass is 399 g/mol. The fourth-order valence-corrected chi connectivity index (χ4v) is 5.24. The molecule has 1 aromatic carbocycles. The highest BCUT2D eigenvalue weighted by Gasteiger charge is 2.45. The molecule has 29 heavy (non-hydrogen) atoms. The first-order valence-corrected chi connectivity index (χ1v) is 11.4. The topological polar surface area (TPSA) is 41.9 Å². The Labute approximate surface area is 175 Å². The molecule has 4 atom stereocenters. The number of rotatable bonds is 6. The Morgan fingerprint density at radius 2 is 1.90 bits per heavy atom. The highest BCUT2D eigenvalue weighted by atomic mass is 16.5. The van der Waals surface area contributed by atoms with Gasteiger partial charge in [0.1, 0.15) is 18.5 Å². The van der Waals surface area contributed by atoms with Gasteiger partial charge in [0, 0.05) is 12.5 Å². The zero-order valence-corrected chi connectivity index (χ0v) is 18.3. The lowest BCUT2D eigenvalue weighted by Crippen LogP contribution is -2.45. The quantitative estimate of drug-likeness (QED) is 0.702. The molecule has 1 aliphatic carbocycles. The summed E-state index contributed by atoms with van der Waals surface area (Å²) in [5.74, 6) is 1.90. The van der Waals surface area contributed by atoms with E-state index < -0.39 is 6.10 Å². The van der Waals surface area contributed by atoms with Gasteiger partial charge in [0.25, 0.3) is 0 Å². The highest BCUT2D eigenvalue weighted by Crippen LogP contribution is 2.50. The van der Waals surface area contributed by atoms with Crippen molar-refractivity contribution in [3.05, 3.63) is 41.5 Å². The highest BCUT2D eigenvalue weighted by molar-refractivity contribution is 5.31. The number of fused-ring (bicyclic) bond motifs is 2. The van der Waals surface area contributed by atoms with Crippen LogP contribution in [0.5, 0.6) is 5.75 Å². The molecule has 2 bridgehead atoms. The number of β-amino-alcohol motifs (C(OH)–C–C–N with tert-alkyl or cyclic N) is 1. The number of piperidine rings is 1. The van der Waals surface area contributed by atoms with E-state index in [-0.39, 0.29) is 11.7 Å². The number of hydrogen-bond donors (Lipinski definition) is 1. The van der Waals surface area contributed by atoms with Crippen molar-refractivity contribution >= 4 is 0 Å². The molecule has 4 unspecified atom stereocenters. The van der Waals surface area contributed by atoms with E-state index in [4.69, 9.17) is 9.47 Å². The minimum atomic E-state index is -0.442. The Bertz CT molecular complexity index is 705. The minimum Gasteiger partial charge on any atom is -0.491 e. The molecular formula is C25H37NO3. The average molecular weight is 400 g/mol. The Kier molecular flexibility index (Phi) is 6.33. The largest absolute Gasteiger partial charge is 0.491 e. The minimum absolute atomic E-state index is 0.0912. The first-order chi connectivity index (χ1) is 13.9. The molecule has 0 aromatic heterocycles. The van der Waals surface area contributed by atoms with E-state index in [2.05, 4.69) is 43.9 Å². The molecule has 2 heterocycles. The zero-order valence-electron chi connectivity index (χ0n) is 18.3. The maximum Gasteiger partial charge on any atom is 0.119 e. The van der Waals surface area contributed by atoms with Gasteiger partial charge < -0.3 is 19.5 Å². The van der Waals surface area contributed by atoms with E-state index in [9.17, 15) is 5.11 Å². The van der Waals surface area contributed by atoms with Crippen molar-refractivity contribution in [3.8, 4) is 5.75 Å². The van der Waals surface area contributed by atoms with E-state index in [1.807, 2.05) is 12.1 Å². The number of nitrogens with zero attached hydrogens (tertiary/aromatic N) is 1. The normalized spacial score (nSPS) is 30.5. The summed E-state index contributed by atoms with van der Waals surface area (Å²) < 4.78 is 12.5. The third-order valence-electron chi connectivity index (χ3n) is 7.20. The van der Waals surface area contributed by atoms with Crippen molar-refractivity contribution in [2.24, 2.45) is 11.8 Å². The predicted octanol–water partition coefficient (Wildman–Crippen LogP) is 4.73. The smallest absolute Gasteiger partial charge is 0.119 e. The number of aliphatic hydroxyl groups excluding tert-OH is 1. The first-order valence-electron chi connectivity index (χ1n) is 11.4. The van der Waals surface area contributed by atoms with Gasteiger partial charge in [0.05, 0.1) is 11.7 Å². The first kappa shape index (κ1) is 20.9. The van der Waals surface area contributed by atoms with E-state index in [0.29, 0.717) is 25.0 Å². The molecule has 4 nitrogen and oxygen atoms in total. The van der Waals surface area contributed by atoms with Crippen LogP contribution in [-0.4, -0.2) is 48.0 Å². The van der Waals surface area contributed by atoms with Crippen LogP contribution in [0.1, 0.15) is 64.5 Å². The standard InChI is InChI=1S/C25H37NO3/c1-18-7-10-20-15-23(18)24(29-25(20,2)3)19-8-11-22(12-9-19)28-17-21(27)16-26-13-5-4-6-14-26/h7-9,11-12,20-21,23-24,27H,4-6,10,13-17H2,1-3H3. The van der Waals surface area contributed by atoms with Crippen molar-refractivity contribution in [1.29, 1.82) is 0 Å². The van der Waals surface area contributed by atoms with Crippen LogP contribution in [0.15, 0.2) is 35.9 Å². The van der Waals surface area contributed by atoms with Gasteiger partial charge in [-0.25, -0.2) is 0 Å². The molecule has 0 amide bonds. The fraction of sp³-hybridized carbons (Fsp3) is 0.680. The van der Waals surface area contributed by atoms with Crippen LogP contribution in [-0.2, 0) is 4.74 Å². The maximum absolute atomic E-state index is 10.3. The van der Waals surface area contributed by atoms with Gasteiger partial charge in [0.2, 0.25) is 0 Å². The number of aliphatic hydroxyl groups is 1. The molecule has 2 aliphatic heterocycles. The van der Waals surface area contributed by atoms with E-state index >= 15 is 0 Å². The van der Waals surface area contributed by atoms with Crippen molar-refractivity contribution in [1.82, 2.24) is 4.90 Å². The molecule has 2 fully saturated rings. The van der Waals surface area contributed by atoms with E-state index in [0.717, 1.165) is 25.3 Å². The summed E-state index contributed by atoms with van der Waals surface area (Å²) in [6.07, 6.45) is 8.22. The molecule has 2 saturated heterocycles. The second-order valence-electron chi connectivity index (χ2n) is 9.76. The SMILES string of the molecule is CC1=CCC2CC1C(c1ccc(OCC(O)CN3CCCCC3)cc1)OC2(C)C. The summed E-state index contributed by atoms with van der Waals surface area (Å²) >= 11 is 0. The summed E-state index contributed by atoms with van der Waals surface area (Å²) in [7, 11) is 0. The second kappa shape index (κ2) is 8.79. The third-order valence-corrected chi connectivity index (χ3v) is 7.20. The third kappa shape index (κ3) is 4.87. The van der Waals surface area contributed by atoms with Crippen LogP contribution in [0.3, 0.4) is 0 Å². The summed E-state index contributed by atoms with van der Waals surface area (Å²) in [5.41, 5.74) is 2.59. The van der Waals surface area contributed by atoms with Crippen molar-refractivity contribution in [2.75, 3.05) is 26.2 Å². The van der Waals surface area contributed by atoms with Crippen LogP contribution in [0.4, 0.5) is 0 Å². The number of hydrogen-bond acceptors (Lipinski definition) is 4. The summed E-state index contributed by atoms with van der Waals surface area (Å²) in [6, 6.07) is 8.31.